The Morgan fingerprint density at radius 2 is 1.88 bits per heavy atom. The van der Waals surface area contributed by atoms with E-state index >= 15 is 0 Å². The summed E-state index contributed by atoms with van der Waals surface area (Å²) < 4.78 is 30.1. The number of ether oxygens (including phenoxy) is 3. The summed E-state index contributed by atoms with van der Waals surface area (Å²) in [4.78, 5) is 27.6. The van der Waals surface area contributed by atoms with Gasteiger partial charge in [0.2, 0.25) is 5.91 Å². The maximum absolute atomic E-state index is 14.2. The molecule has 3 rings (SSSR count). The van der Waals surface area contributed by atoms with Gasteiger partial charge in [-0.25, -0.2) is 4.39 Å². The zero-order chi connectivity index (χ0) is 23.1. The standard InChI is InChI=1S/C24H29FN2O5/c1-30-12-6-11-26-23(28)20-15-27(24(29)18-7-4-5-8-21(18)25)14-19(20)17-10-9-16(31-2)13-22(17)32-3/h4-5,7-10,13,19-20H,6,11-12,14-15H2,1-3H3,(H,26,28)/t19-,20-/m1/s1. The van der Waals surface area contributed by atoms with Crippen molar-refractivity contribution in [2.45, 2.75) is 12.3 Å². The van der Waals surface area contributed by atoms with Crippen LogP contribution in [-0.2, 0) is 9.53 Å². The summed E-state index contributed by atoms with van der Waals surface area (Å²) in [6.45, 7) is 1.46. The third-order valence-corrected chi connectivity index (χ3v) is 5.71. The highest BCUT2D eigenvalue weighted by molar-refractivity contribution is 5.95. The van der Waals surface area contributed by atoms with E-state index in [2.05, 4.69) is 5.32 Å². The Bertz CT molecular complexity index is 952. The molecule has 32 heavy (non-hydrogen) atoms. The second kappa shape index (κ2) is 10.9. The average Bonchev–Trinajstić information content (AvgIpc) is 3.26. The van der Waals surface area contributed by atoms with Gasteiger partial charge in [-0.15, -0.1) is 0 Å². The van der Waals surface area contributed by atoms with Crippen LogP contribution in [0.2, 0.25) is 0 Å². The van der Waals surface area contributed by atoms with Gasteiger partial charge in [-0.2, -0.15) is 0 Å². The summed E-state index contributed by atoms with van der Waals surface area (Å²) in [6, 6.07) is 11.3. The minimum atomic E-state index is -0.580. The predicted octanol–water partition coefficient (Wildman–Crippen LogP) is 2.85. The topological polar surface area (TPSA) is 77.1 Å². The van der Waals surface area contributed by atoms with Gasteiger partial charge in [-0.3, -0.25) is 9.59 Å². The van der Waals surface area contributed by atoms with Gasteiger partial charge in [-0.1, -0.05) is 18.2 Å². The Morgan fingerprint density at radius 3 is 2.56 bits per heavy atom. The lowest BCUT2D eigenvalue weighted by atomic mass is 9.87. The number of methoxy groups -OCH3 is 3. The highest BCUT2D eigenvalue weighted by Crippen LogP contribution is 2.39. The first-order valence-corrected chi connectivity index (χ1v) is 10.5. The Balaban J connectivity index is 1.88. The number of nitrogens with one attached hydrogen (secondary N) is 1. The second-order valence-corrected chi connectivity index (χ2v) is 7.65. The average molecular weight is 445 g/mol. The van der Waals surface area contributed by atoms with Gasteiger partial charge in [-0.05, 0) is 24.6 Å². The molecule has 2 amide bonds. The number of carbonyl (C=O) groups is 2. The molecule has 0 unspecified atom stereocenters. The molecule has 0 aromatic heterocycles. The van der Waals surface area contributed by atoms with Crippen LogP contribution in [0.4, 0.5) is 4.39 Å². The van der Waals surface area contributed by atoms with Crippen molar-refractivity contribution >= 4 is 11.8 Å². The van der Waals surface area contributed by atoms with E-state index in [-0.39, 0.29) is 30.5 Å². The van der Waals surface area contributed by atoms with Crippen molar-refractivity contribution < 1.29 is 28.2 Å². The summed E-state index contributed by atoms with van der Waals surface area (Å²) in [5.74, 6) is -0.786. The normalized spacial score (nSPS) is 17.8. The van der Waals surface area contributed by atoms with E-state index in [1.807, 2.05) is 6.07 Å². The summed E-state index contributed by atoms with van der Waals surface area (Å²) in [5, 5.41) is 2.93. The molecule has 0 spiro atoms. The minimum absolute atomic E-state index is 0.00546. The summed E-state index contributed by atoms with van der Waals surface area (Å²) >= 11 is 0. The number of amides is 2. The molecular weight excluding hydrogens is 415 g/mol. The van der Waals surface area contributed by atoms with Crippen LogP contribution in [0.25, 0.3) is 0 Å². The number of hydrogen-bond acceptors (Lipinski definition) is 5. The van der Waals surface area contributed by atoms with Gasteiger partial charge < -0.3 is 24.4 Å². The Kier molecular flexibility index (Phi) is 8.05. The summed E-state index contributed by atoms with van der Waals surface area (Å²) in [7, 11) is 4.72. The molecule has 0 radical (unpaired) electrons. The fraction of sp³-hybridized carbons (Fsp3) is 0.417. The molecule has 0 aliphatic carbocycles. The highest BCUT2D eigenvalue weighted by Gasteiger charge is 2.42. The second-order valence-electron chi connectivity index (χ2n) is 7.65. The Hall–Kier alpha value is -3.13. The lowest BCUT2D eigenvalue weighted by molar-refractivity contribution is -0.124. The molecule has 1 aliphatic heterocycles. The Labute approximate surface area is 187 Å². The van der Waals surface area contributed by atoms with E-state index in [1.54, 1.807) is 39.5 Å². The third-order valence-electron chi connectivity index (χ3n) is 5.71. The van der Waals surface area contributed by atoms with Gasteiger partial charge >= 0.3 is 0 Å². The molecule has 1 fully saturated rings. The fourth-order valence-electron chi connectivity index (χ4n) is 4.04. The number of benzene rings is 2. The molecule has 0 saturated carbocycles. The van der Waals surface area contributed by atoms with E-state index < -0.39 is 17.6 Å². The molecule has 2 atom stereocenters. The van der Waals surface area contributed by atoms with Crippen molar-refractivity contribution in [3.63, 3.8) is 0 Å². The van der Waals surface area contributed by atoms with Gasteiger partial charge in [0.25, 0.3) is 5.91 Å². The molecule has 8 heteroatoms. The van der Waals surface area contributed by atoms with Crippen LogP contribution in [0.5, 0.6) is 11.5 Å². The summed E-state index contributed by atoms with van der Waals surface area (Å²) in [6.07, 6.45) is 0.684. The highest BCUT2D eigenvalue weighted by atomic mass is 19.1. The molecule has 2 aromatic rings. The van der Waals surface area contributed by atoms with Crippen molar-refractivity contribution in [3.05, 3.63) is 59.4 Å². The first kappa shape index (κ1) is 23.5. The minimum Gasteiger partial charge on any atom is -0.497 e. The van der Waals surface area contributed by atoms with E-state index in [9.17, 15) is 14.0 Å². The maximum atomic E-state index is 14.2. The number of hydrogen-bond donors (Lipinski definition) is 1. The van der Waals surface area contributed by atoms with Crippen LogP contribution in [0.1, 0.15) is 28.3 Å². The lowest BCUT2D eigenvalue weighted by Crippen LogP contribution is -2.36. The lowest BCUT2D eigenvalue weighted by Gasteiger charge is -2.21. The molecule has 172 valence electrons. The van der Waals surface area contributed by atoms with E-state index in [1.165, 1.54) is 23.1 Å². The monoisotopic (exact) mass is 444 g/mol. The van der Waals surface area contributed by atoms with Crippen LogP contribution in [0.3, 0.4) is 0 Å². The fourth-order valence-corrected chi connectivity index (χ4v) is 4.04. The zero-order valence-electron chi connectivity index (χ0n) is 18.6. The smallest absolute Gasteiger partial charge is 0.256 e. The van der Waals surface area contributed by atoms with E-state index in [4.69, 9.17) is 14.2 Å². The number of likely N-dealkylation sites (tertiary alicyclic amines) is 1. The third kappa shape index (κ3) is 5.19. The molecule has 2 aromatic carbocycles. The van der Waals surface area contributed by atoms with Crippen molar-refractivity contribution in [2.75, 3.05) is 47.6 Å². The maximum Gasteiger partial charge on any atom is 0.256 e. The predicted molar refractivity (Wildman–Crippen MR) is 118 cm³/mol. The first-order chi connectivity index (χ1) is 15.5. The van der Waals surface area contributed by atoms with Crippen molar-refractivity contribution in [1.29, 1.82) is 0 Å². The van der Waals surface area contributed by atoms with Gasteiger partial charge in [0.05, 0.1) is 25.7 Å². The van der Waals surface area contributed by atoms with Gasteiger partial charge in [0.1, 0.15) is 17.3 Å². The number of rotatable bonds is 9. The van der Waals surface area contributed by atoms with Crippen LogP contribution in [0.15, 0.2) is 42.5 Å². The van der Waals surface area contributed by atoms with E-state index in [0.717, 1.165) is 5.56 Å². The quantitative estimate of drug-likeness (QED) is 0.602. The number of nitrogens with zero attached hydrogens (tertiary/aromatic N) is 1. The largest absolute Gasteiger partial charge is 0.497 e. The molecule has 1 aliphatic rings. The van der Waals surface area contributed by atoms with Crippen LogP contribution < -0.4 is 14.8 Å². The SMILES string of the molecule is COCCCNC(=O)[C@@H]1CN(C(=O)c2ccccc2F)C[C@@H]1c1ccc(OC)cc1OC. The van der Waals surface area contributed by atoms with Crippen molar-refractivity contribution in [1.82, 2.24) is 10.2 Å². The van der Waals surface area contributed by atoms with Crippen molar-refractivity contribution in [2.24, 2.45) is 5.92 Å². The molecule has 7 nitrogen and oxygen atoms in total. The van der Waals surface area contributed by atoms with E-state index in [0.29, 0.717) is 31.1 Å². The number of halogens is 1. The van der Waals surface area contributed by atoms with Gasteiger partial charge in [0, 0.05) is 50.9 Å². The Morgan fingerprint density at radius 1 is 1.09 bits per heavy atom. The van der Waals surface area contributed by atoms with Crippen LogP contribution in [-0.4, -0.2) is 64.3 Å². The molecule has 1 heterocycles. The van der Waals surface area contributed by atoms with Crippen molar-refractivity contribution in [3.8, 4) is 11.5 Å². The molecular formula is C24H29FN2O5. The van der Waals surface area contributed by atoms with Crippen LogP contribution >= 0.6 is 0 Å². The summed E-state index contributed by atoms with van der Waals surface area (Å²) in [5.41, 5.74) is 0.795. The zero-order valence-corrected chi connectivity index (χ0v) is 18.6. The number of carbonyl (C=O) groups excluding carboxylic acids is 2. The van der Waals surface area contributed by atoms with Gasteiger partial charge in [0.15, 0.2) is 0 Å². The van der Waals surface area contributed by atoms with Crippen LogP contribution in [0, 0.1) is 11.7 Å². The molecule has 0 bridgehead atoms. The first-order valence-electron chi connectivity index (χ1n) is 10.5. The molecule has 1 N–H and O–H groups in total. The molecule has 1 saturated heterocycles.